The Morgan fingerprint density at radius 3 is 2.87 bits per heavy atom. The van der Waals surface area contributed by atoms with Crippen LogP contribution in [-0.4, -0.2) is 66.3 Å². The number of amides is 1. The smallest absolute Gasteiger partial charge is 0.276 e. The third kappa shape index (κ3) is 2.90. The van der Waals surface area contributed by atoms with Gasteiger partial charge in [-0.3, -0.25) is 4.79 Å². The molecule has 0 N–H and O–H groups in total. The van der Waals surface area contributed by atoms with Crippen molar-refractivity contribution in [1.82, 2.24) is 15.0 Å². The van der Waals surface area contributed by atoms with E-state index in [0.29, 0.717) is 17.4 Å². The molecule has 6 heteroatoms. The molecular formula is C17H25N3O3. The monoisotopic (exact) mass is 319 g/mol. The van der Waals surface area contributed by atoms with Gasteiger partial charge in [-0.25, -0.2) is 0 Å². The second-order valence-electron chi connectivity index (χ2n) is 7.28. The van der Waals surface area contributed by atoms with Crippen LogP contribution in [0.4, 0.5) is 0 Å². The van der Waals surface area contributed by atoms with Gasteiger partial charge in [0.15, 0.2) is 5.69 Å². The summed E-state index contributed by atoms with van der Waals surface area (Å²) in [5.41, 5.74) is 0.428. The topological polar surface area (TPSA) is 58.8 Å². The largest absolute Gasteiger partial charge is 0.381 e. The SMILES string of the molecule is CO[C@@H]1CCN(C(=O)c2cc(C)on2)[C@H]2CN(CC3CC3)C[C@@H]12. The fraction of sp³-hybridized carbons (Fsp3) is 0.765. The molecule has 4 rings (SSSR count). The second kappa shape index (κ2) is 5.91. The van der Waals surface area contributed by atoms with Crippen LogP contribution in [0.5, 0.6) is 0 Å². The summed E-state index contributed by atoms with van der Waals surface area (Å²) in [6.07, 6.45) is 3.88. The molecule has 1 amide bonds. The van der Waals surface area contributed by atoms with Crippen LogP contribution in [0.3, 0.4) is 0 Å². The van der Waals surface area contributed by atoms with Crippen molar-refractivity contribution in [1.29, 1.82) is 0 Å². The third-order valence-corrected chi connectivity index (χ3v) is 5.56. The number of methoxy groups -OCH3 is 1. The molecule has 3 aliphatic rings. The van der Waals surface area contributed by atoms with E-state index in [1.165, 1.54) is 19.4 Å². The van der Waals surface area contributed by atoms with Crippen LogP contribution >= 0.6 is 0 Å². The van der Waals surface area contributed by atoms with E-state index in [2.05, 4.69) is 10.1 Å². The van der Waals surface area contributed by atoms with Gasteiger partial charge in [0.05, 0.1) is 12.1 Å². The molecule has 0 unspecified atom stereocenters. The summed E-state index contributed by atoms with van der Waals surface area (Å²) in [6, 6.07) is 1.97. The standard InChI is InChI=1S/C17H25N3O3/c1-11-7-14(18-23-11)17(21)20-6-5-16(22-2)13-9-19(10-15(13)20)8-12-3-4-12/h7,12-13,15-16H,3-6,8-10H2,1-2H3/t13-,15+,16-/m1/s1. The number of hydrogen-bond acceptors (Lipinski definition) is 5. The van der Waals surface area contributed by atoms with Gasteiger partial charge in [0.1, 0.15) is 5.76 Å². The Labute approximate surface area is 136 Å². The number of carbonyl (C=O) groups excluding carboxylic acids is 1. The number of carbonyl (C=O) groups is 1. The Morgan fingerprint density at radius 2 is 2.22 bits per heavy atom. The number of ether oxygens (including phenoxy) is 1. The van der Waals surface area contributed by atoms with Gasteiger partial charge in [0, 0.05) is 45.3 Å². The van der Waals surface area contributed by atoms with Crippen molar-refractivity contribution in [2.45, 2.75) is 38.3 Å². The second-order valence-corrected chi connectivity index (χ2v) is 7.28. The summed E-state index contributed by atoms with van der Waals surface area (Å²) in [6.45, 7) is 5.73. The molecule has 23 heavy (non-hydrogen) atoms. The van der Waals surface area contributed by atoms with Crippen molar-refractivity contribution in [3.8, 4) is 0 Å². The maximum atomic E-state index is 12.8. The zero-order valence-electron chi connectivity index (χ0n) is 13.9. The first kappa shape index (κ1) is 15.1. The number of piperidine rings is 1. The number of nitrogens with zero attached hydrogens (tertiary/aromatic N) is 3. The Morgan fingerprint density at radius 1 is 1.39 bits per heavy atom. The molecule has 0 bridgehead atoms. The van der Waals surface area contributed by atoms with Crippen molar-refractivity contribution in [3.05, 3.63) is 17.5 Å². The lowest BCUT2D eigenvalue weighted by atomic mass is 9.89. The summed E-state index contributed by atoms with van der Waals surface area (Å²) >= 11 is 0. The lowest BCUT2D eigenvalue weighted by Gasteiger charge is -2.40. The average molecular weight is 319 g/mol. The molecule has 6 nitrogen and oxygen atoms in total. The van der Waals surface area contributed by atoms with Crippen molar-refractivity contribution in [3.63, 3.8) is 0 Å². The molecule has 3 atom stereocenters. The Bertz CT molecular complexity index is 583. The quantitative estimate of drug-likeness (QED) is 0.843. The van der Waals surface area contributed by atoms with Gasteiger partial charge in [-0.05, 0) is 32.1 Å². The molecule has 1 aromatic heterocycles. The number of hydrogen-bond donors (Lipinski definition) is 0. The van der Waals surface area contributed by atoms with E-state index in [9.17, 15) is 4.79 Å². The molecule has 1 aromatic rings. The van der Waals surface area contributed by atoms with E-state index in [-0.39, 0.29) is 18.1 Å². The first-order valence-corrected chi connectivity index (χ1v) is 8.65. The zero-order chi connectivity index (χ0) is 16.0. The van der Waals surface area contributed by atoms with Crippen LogP contribution < -0.4 is 0 Å². The van der Waals surface area contributed by atoms with Gasteiger partial charge >= 0.3 is 0 Å². The molecule has 2 aliphatic heterocycles. The van der Waals surface area contributed by atoms with Crippen LogP contribution in [0.2, 0.25) is 0 Å². The zero-order valence-corrected chi connectivity index (χ0v) is 13.9. The highest BCUT2D eigenvalue weighted by atomic mass is 16.5. The van der Waals surface area contributed by atoms with Crippen LogP contribution in [0.15, 0.2) is 10.6 Å². The van der Waals surface area contributed by atoms with E-state index in [1.807, 2.05) is 11.8 Å². The average Bonchev–Trinajstić information content (AvgIpc) is 3.07. The maximum Gasteiger partial charge on any atom is 0.276 e. The first-order valence-electron chi connectivity index (χ1n) is 8.65. The number of aryl methyl sites for hydroxylation is 1. The number of likely N-dealkylation sites (tertiary alicyclic amines) is 2. The highest BCUT2D eigenvalue weighted by molar-refractivity contribution is 5.92. The number of rotatable bonds is 4. The minimum Gasteiger partial charge on any atom is -0.381 e. The highest BCUT2D eigenvalue weighted by Gasteiger charge is 2.47. The van der Waals surface area contributed by atoms with Crippen molar-refractivity contribution in [2.24, 2.45) is 11.8 Å². The summed E-state index contributed by atoms with van der Waals surface area (Å²) in [7, 11) is 1.80. The van der Waals surface area contributed by atoms with E-state index in [0.717, 1.165) is 32.0 Å². The van der Waals surface area contributed by atoms with Gasteiger partial charge in [0.2, 0.25) is 0 Å². The minimum absolute atomic E-state index is 0.000301. The molecule has 2 saturated heterocycles. The molecule has 0 radical (unpaired) electrons. The normalized spacial score (nSPS) is 31.4. The predicted octanol–water partition coefficient (Wildman–Crippen LogP) is 1.55. The van der Waals surface area contributed by atoms with E-state index >= 15 is 0 Å². The van der Waals surface area contributed by atoms with Gasteiger partial charge in [-0.1, -0.05) is 5.16 Å². The van der Waals surface area contributed by atoms with E-state index in [1.54, 1.807) is 13.2 Å². The van der Waals surface area contributed by atoms with E-state index < -0.39 is 0 Å². The maximum absolute atomic E-state index is 12.8. The van der Waals surface area contributed by atoms with Crippen molar-refractivity contribution >= 4 is 5.91 Å². The Kier molecular flexibility index (Phi) is 3.89. The van der Waals surface area contributed by atoms with Crippen LogP contribution in [-0.2, 0) is 4.74 Å². The Hall–Kier alpha value is -1.40. The molecule has 1 aliphatic carbocycles. The summed E-state index contributed by atoms with van der Waals surface area (Å²) in [5, 5.41) is 3.91. The van der Waals surface area contributed by atoms with Crippen molar-refractivity contribution in [2.75, 3.05) is 33.3 Å². The highest BCUT2D eigenvalue weighted by Crippen LogP contribution is 2.36. The molecular weight excluding hydrogens is 294 g/mol. The van der Waals surface area contributed by atoms with Gasteiger partial charge < -0.3 is 19.1 Å². The van der Waals surface area contributed by atoms with Crippen LogP contribution in [0.1, 0.15) is 35.5 Å². The fourth-order valence-electron chi connectivity index (χ4n) is 4.21. The molecule has 0 spiro atoms. The number of fused-ring (bicyclic) bond motifs is 1. The van der Waals surface area contributed by atoms with Crippen LogP contribution in [0.25, 0.3) is 0 Å². The number of aromatic nitrogens is 1. The molecule has 1 saturated carbocycles. The van der Waals surface area contributed by atoms with Gasteiger partial charge in [-0.15, -0.1) is 0 Å². The minimum atomic E-state index is -0.000301. The van der Waals surface area contributed by atoms with Gasteiger partial charge in [0.25, 0.3) is 5.91 Å². The lowest BCUT2D eigenvalue weighted by molar-refractivity contribution is -0.0159. The molecule has 3 heterocycles. The summed E-state index contributed by atoms with van der Waals surface area (Å²) < 4.78 is 10.8. The van der Waals surface area contributed by atoms with Crippen LogP contribution in [0, 0.1) is 18.8 Å². The van der Waals surface area contributed by atoms with Gasteiger partial charge in [-0.2, -0.15) is 0 Å². The molecule has 0 aromatic carbocycles. The predicted molar refractivity (Wildman–Crippen MR) is 84.1 cm³/mol. The van der Waals surface area contributed by atoms with E-state index in [4.69, 9.17) is 9.26 Å². The first-order chi connectivity index (χ1) is 11.2. The summed E-state index contributed by atoms with van der Waals surface area (Å²) in [5.74, 6) is 1.96. The third-order valence-electron chi connectivity index (χ3n) is 5.56. The molecule has 3 fully saturated rings. The van der Waals surface area contributed by atoms with Crippen molar-refractivity contribution < 1.29 is 14.1 Å². The molecule has 126 valence electrons. The summed E-state index contributed by atoms with van der Waals surface area (Å²) in [4.78, 5) is 17.4. The fourth-order valence-corrected chi connectivity index (χ4v) is 4.21. The lowest BCUT2D eigenvalue weighted by Crippen LogP contribution is -2.53. The Balaban J connectivity index is 1.52.